The quantitative estimate of drug-likeness (QED) is 0.662. The number of carbonyl (C=O) groups excluding carboxylic acids is 1. The first-order valence-electron chi connectivity index (χ1n) is 9.00. The van der Waals surface area contributed by atoms with Crippen LogP contribution in [-0.4, -0.2) is 10.9 Å². The summed E-state index contributed by atoms with van der Waals surface area (Å²) in [6.45, 7) is 20.8. The van der Waals surface area contributed by atoms with Crippen molar-refractivity contribution >= 4 is 5.78 Å². The van der Waals surface area contributed by atoms with Gasteiger partial charge >= 0.3 is 0 Å². The Morgan fingerprint density at radius 1 is 0.917 bits per heavy atom. The molecule has 0 spiro atoms. The van der Waals surface area contributed by atoms with Gasteiger partial charge in [0, 0.05) is 22.1 Å². The van der Waals surface area contributed by atoms with Crippen LogP contribution in [0, 0.1) is 11.3 Å². The fourth-order valence-electron chi connectivity index (χ4n) is 3.41. The highest BCUT2D eigenvalue weighted by molar-refractivity contribution is 6.00. The molecule has 0 bridgehead atoms. The molecule has 24 heavy (non-hydrogen) atoms. The third-order valence-corrected chi connectivity index (χ3v) is 4.52. The molecule has 0 saturated carbocycles. The van der Waals surface area contributed by atoms with E-state index in [9.17, 15) is 9.90 Å². The van der Waals surface area contributed by atoms with Crippen molar-refractivity contribution in [2.24, 2.45) is 11.3 Å². The van der Waals surface area contributed by atoms with Crippen molar-refractivity contribution in [2.75, 3.05) is 0 Å². The van der Waals surface area contributed by atoms with Crippen molar-refractivity contribution in [1.82, 2.24) is 0 Å². The smallest absolute Gasteiger partial charge is 0.168 e. The number of hydrogen-bond donors (Lipinski definition) is 1. The average Bonchev–Trinajstić information content (AvgIpc) is 2.33. The highest BCUT2D eigenvalue weighted by Crippen LogP contribution is 2.41. The van der Waals surface area contributed by atoms with Crippen LogP contribution >= 0.6 is 0 Å². The first-order chi connectivity index (χ1) is 10.6. The van der Waals surface area contributed by atoms with Crippen molar-refractivity contribution in [3.63, 3.8) is 0 Å². The third-order valence-electron chi connectivity index (χ3n) is 4.52. The molecule has 0 aromatic heterocycles. The minimum atomic E-state index is -0.407. The number of hydrogen-bond acceptors (Lipinski definition) is 2. The van der Waals surface area contributed by atoms with Gasteiger partial charge in [-0.15, -0.1) is 0 Å². The Bertz CT molecular complexity index is 573. The molecule has 0 aliphatic heterocycles. The first-order valence-corrected chi connectivity index (χ1v) is 9.00. The Morgan fingerprint density at radius 3 is 1.58 bits per heavy atom. The number of rotatable bonds is 4. The van der Waals surface area contributed by atoms with E-state index in [0.717, 1.165) is 17.5 Å². The van der Waals surface area contributed by atoms with Gasteiger partial charge in [-0.1, -0.05) is 69.2 Å². The lowest BCUT2D eigenvalue weighted by molar-refractivity contribution is 0.0808. The van der Waals surface area contributed by atoms with Crippen LogP contribution in [0.25, 0.3) is 0 Å². The third kappa shape index (κ3) is 4.62. The molecule has 0 heterocycles. The minimum Gasteiger partial charge on any atom is -0.507 e. The molecule has 136 valence electrons. The maximum Gasteiger partial charge on any atom is 0.168 e. The molecule has 0 aliphatic carbocycles. The molecule has 2 heteroatoms. The largest absolute Gasteiger partial charge is 0.507 e. The zero-order valence-electron chi connectivity index (χ0n) is 17.3. The van der Waals surface area contributed by atoms with Crippen molar-refractivity contribution in [2.45, 2.75) is 86.5 Å². The highest BCUT2D eigenvalue weighted by atomic mass is 16.3. The fourth-order valence-corrected chi connectivity index (χ4v) is 3.41. The Hall–Kier alpha value is -1.31. The maximum atomic E-state index is 13.2. The van der Waals surface area contributed by atoms with Gasteiger partial charge in [0.25, 0.3) is 0 Å². The molecule has 0 fully saturated rings. The summed E-state index contributed by atoms with van der Waals surface area (Å²) < 4.78 is 0. The zero-order chi connectivity index (χ0) is 19.1. The minimum absolute atomic E-state index is 0.159. The van der Waals surface area contributed by atoms with E-state index in [1.54, 1.807) is 0 Å². The van der Waals surface area contributed by atoms with Gasteiger partial charge in [-0.3, -0.25) is 4.79 Å². The number of benzene rings is 1. The predicted molar refractivity (Wildman–Crippen MR) is 103 cm³/mol. The van der Waals surface area contributed by atoms with Gasteiger partial charge in [0.2, 0.25) is 0 Å². The second kappa shape index (κ2) is 6.54. The number of phenols is 1. The number of Topliss-reactive ketones (excluding diaryl/α,β-unsaturated/α-hetero) is 1. The molecule has 0 radical (unpaired) electrons. The van der Waals surface area contributed by atoms with E-state index in [4.69, 9.17) is 0 Å². The van der Waals surface area contributed by atoms with E-state index in [-0.39, 0.29) is 16.6 Å². The van der Waals surface area contributed by atoms with Crippen molar-refractivity contribution in [3.8, 4) is 5.75 Å². The Balaban J connectivity index is 3.58. The Labute approximate surface area is 148 Å². The van der Waals surface area contributed by atoms with Gasteiger partial charge in [-0.05, 0) is 35.3 Å². The van der Waals surface area contributed by atoms with Gasteiger partial charge < -0.3 is 5.11 Å². The Morgan fingerprint density at radius 2 is 1.29 bits per heavy atom. The fraction of sp³-hybridized carbons (Fsp3) is 0.682. The van der Waals surface area contributed by atoms with Gasteiger partial charge in [0.1, 0.15) is 5.75 Å². The number of carbonyl (C=O) groups is 1. The van der Waals surface area contributed by atoms with E-state index in [0.29, 0.717) is 17.2 Å². The molecule has 0 unspecified atom stereocenters. The molecule has 2 nitrogen and oxygen atoms in total. The lowest BCUT2D eigenvalue weighted by atomic mass is 9.74. The molecular formula is C22H36O2. The molecular weight excluding hydrogens is 296 g/mol. The summed E-state index contributed by atoms with van der Waals surface area (Å²) in [6, 6.07) is 3.80. The lowest BCUT2D eigenvalue weighted by Gasteiger charge is -2.30. The van der Waals surface area contributed by atoms with Crippen molar-refractivity contribution < 1.29 is 9.90 Å². The van der Waals surface area contributed by atoms with Crippen LogP contribution in [0.2, 0.25) is 0 Å². The summed E-state index contributed by atoms with van der Waals surface area (Å²) in [4.78, 5) is 13.2. The second-order valence-corrected chi connectivity index (χ2v) is 10.2. The number of ketones is 1. The van der Waals surface area contributed by atoms with Crippen LogP contribution in [0.15, 0.2) is 12.1 Å². The van der Waals surface area contributed by atoms with Crippen LogP contribution in [0.5, 0.6) is 5.75 Å². The maximum absolute atomic E-state index is 13.2. The van der Waals surface area contributed by atoms with E-state index in [1.807, 2.05) is 26.0 Å². The number of phenolic OH excluding ortho intramolecular Hbond substituents is 1. The van der Waals surface area contributed by atoms with Crippen molar-refractivity contribution in [3.05, 3.63) is 28.8 Å². The summed E-state index contributed by atoms with van der Waals surface area (Å²) in [5, 5.41) is 10.8. The van der Waals surface area contributed by atoms with Crippen LogP contribution in [0.3, 0.4) is 0 Å². The van der Waals surface area contributed by atoms with Crippen LogP contribution in [0.4, 0.5) is 0 Å². The van der Waals surface area contributed by atoms with Gasteiger partial charge in [-0.2, -0.15) is 0 Å². The predicted octanol–water partition coefficient (Wildman–Crippen LogP) is 6.24. The molecule has 1 N–H and O–H groups in total. The standard InChI is InChI=1S/C22H36O2/c1-14(2)13-22(9,10)19(24)15-11-16(20(3,4)5)18(23)17(12-15)21(6,7)8/h11-12,14,23H,13H2,1-10H3. The van der Waals surface area contributed by atoms with E-state index in [1.165, 1.54) is 0 Å². The summed E-state index contributed by atoms with van der Waals surface area (Å²) in [5.74, 6) is 0.950. The van der Waals surface area contributed by atoms with Gasteiger partial charge in [0.15, 0.2) is 5.78 Å². The monoisotopic (exact) mass is 332 g/mol. The van der Waals surface area contributed by atoms with Crippen LogP contribution in [0.1, 0.15) is 97.1 Å². The second-order valence-electron chi connectivity index (χ2n) is 10.2. The normalized spacial score (nSPS) is 13.5. The van der Waals surface area contributed by atoms with Crippen molar-refractivity contribution in [1.29, 1.82) is 0 Å². The molecule has 1 aromatic carbocycles. The topological polar surface area (TPSA) is 37.3 Å². The molecule has 0 amide bonds. The highest BCUT2D eigenvalue weighted by Gasteiger charge is 2.33. The number of aromatic hydroxyl groups is 1. The van der Waals surface area contributed by atoms with Crippen LogP contribution < -0.4 is 0 Å². The molecule has 0 atom stereocenters. The molecule has 0 aliphatic rings. The van der Waals surface area contributed by atoms with Crippen LogP contribution in [-0.2, 0) is 10.8 Å². The van der Waals surface area contributed by atoms with E-state index >= 15 is 0 Å². The van der Waals surface area contributed by atoms with E-state index < -0.39 is 5.41 Å². The summed E-state index contributed by atoms with van der Waals surface area (Å²) in [5.41, 5.74) is 1.56. The Kier molecular flexibility index (Phi) is 5.65. The lowest BCUT2D eigenvalue weighted by Crippen LogP contribution is -2.27. The molecule has 0 saturated heterocycles. The summed E-state index contributed by atoms with van der Waals surface area (Å²) in [6.07, 6.45) is 0.850. The van der Waals surface area contributed by atoms with Gasteiger partial charge in [0.05, 0.1) is 0 Å². The average molecular weight is 333 g/mol. The van der Waals surface area contributed by atoms with Gasteiger partial charge in [-0.25, -0.2) is 0 Å². The molecule has 1 rings (SSSR count). The zero-order valence-corrected chi connectivity index (χ0v) is 17.3. The summed E-state index contributed by atoms with van der Waals surface area (Å²) >= 11 is 0. The SMILES string of the molecule is CC(C)CC(C)(C)C(=O)c1cc(C(C)(C)C)c(O)c(C(C)(C)C)c1. The summed E-state index contributed by atoms with van der Waals surface area (Å²) in [7, 11) is 0. The first kappa shape index (κ1) is 20.7. The van der Waals surface area contributed by atoms with E-state index in [2.05, 4.69) is 55.4 Å². The molecule has 1 aromatic rings.